The fraction of sp³-hybridized carbons (Fsp3) is 0.143. The van der Waals surface area contributed by atoms with Crippen molar-refractivity contribution in [2.75, 3.05) is 0 Å². The molecular weight excluding hydrogens is 346 g/mol. The van der Waals surface area contributed by atoms with E-state index in [2.05, 4.69) is 33.8 Å². The lowest BCUT2D eigenvalue weighted by molar-refractivity contribution is -0.120. The molecule has 0 saturated heterocycles. The monoisotopic (exact) mass is 365 g/mol. The van der Waals surface area contributed by atoms with E-state index in [1.807, 2.05) is 37.3 Å². The molecule has 1 aromatic heterocycles. The zero-order valence-electron chi connectivity index (χ0n) is 14.6. The summed E-state index contributed by atoms with van der Waals surface area (Å²) in [4.78, 5) is 12.1. The Bertz CT molecular complexity index is 971. The maximum atomic E-state index is 12.1. The standard InChI is InChI=1S/C21H20ClN3O/c1-3-12-25-15(2)19(18-6-4-5-7-20(18)25)14-23-24-21(26)13-16-8-10-17(22)11-9-16/h3-11,14H,1,12-13H2,2H3,(H,24,26)/b23-14+. The van der Waals surface area contributed by atoms with Gasteiger partial charge in [0.25, 0.3) is 0 Å². The first-order valence-electron chi connectivity index (χ1n) is 8.35. The van der Waals surface area contributed by atoms with Crippen LogP contribution >= 0.6 is 11.6 Å². The molecule has 0 aliphatic carbocycles. The van der Waals surface area contributed by atoms with Crippen LogP contribution in [0.15, 0.2) is 66.3 Å². The highest BCUT2D eigenvalue weighted by molar-refractivity contribution is 6.30. The quantitative estimate of drug-likeness (QED) is 0.390. The van der Waals surface area contributed by atoms with E-state index in [0.29, 0.717) is 5.02 Å². The minimum Gasteiger partial charge on any atom is -0.340 e. The molecule has 0 saturated carbocycles. The number of fused-ring (bicyclic) bond motifs is 1. The van der Waals surface area contributed by atoms with Crippen LogP contribution in [0.4, 0.5) is 0 Å². The zero-order valence-corrected chi connectivity index (χ0v) is 15.3. The first kappa shape index (κ1) is 18.0. The lowest BCUT2D eigenvalue weighted by Crippen LogP contribution is -2.19. The van der Waals surface area contributed by atoms with E-state index < -0.39 is 0 Å². The number of carbonyl (C=O) groups is 1. The molecule has 0 aliphatic rings. The van der Waals surface area contributed by atoms with Crippen molar-refractivity contribution in [2.45, 2.75) is 19.9 Å². The Morgan fingerprint density at radius 1 is 1.23 bits per heavy atom. The summed E-state index contributed by atoms with van der Waals surface area (Å²) >= 11 is 5.85. The van der Waals surface area contributed by atoms with Gasteiger partial charge < -0.3 is 4.57 Å². The molecule has 1 N–H and O–H groups in total. The molecule has 0 atom stereocenters. The summed E-state index contributed by atoms with van der Waals surface area (Å²) in [7, 11) is 0. The first-order chi connectivity index (χ1) is 12.6. The van der Waals surface area contributed by atoms with E-state index in [1.165, 1.54) is 0 Å². The number of halogens is 1. The van der Waals surface area contributed by atoms with E-state index in [0.717, 1.165) is 34.3 Å². The molecule has 0 bridgehead atoms. The van der Waals surface area contributed by atoms with E-state index in [1.54, 1.807) is 18.3 Å². The predicted molar refractivity (Wildman–Crippen MR) is 108 cm³/mol. The number of para-hydroxylation sites is 1. The normalized spacial score (nSPS) is 11.2. The molecule has 0 radical (unpaired) electrons. The highest BCUT2D eigenvalue weighted by Gasteiger charge is 2.11. The van der Waals surface area contributed by atoms with E-state index in [9.17, 15) is 4.79 Å². The molecule has 0 fully saturated rings. The molecule has 0 unspecified atom stereocenters. The number of hydrogen-bond donors (Lipinski definition) is 1. The fourth-order valence-corrected chi connectivity index (χ4v) is 3.11. The molecular formula is C21H20ClN3O. The van der Waals surface area contributed by atoms with Crippen LogP contribution < -0.4 is 5.43 Å². The first-order valence-corrected chi connectivity index (χ1v) is 8.73. The highest BCUT2D eigenvalue weighted by Crippen LogP contribution is 2.24. The highest BCUT2D eigenvalue weighted by atomic mass is 35.5. The van der Waals surface area contributed by atoms with Gasteiger partial charge in [-0.2, -0.15) is 5.10 Å². The second kappa shape index (κ2) is 8.02. The minimum atomic E-state index is -0.170. The van der Waals surface area contributed by atoms with Gasteiger partial charge in [0.15, 0.2) is 0 Å². The van der Waals surface area contributed by atoms with Gasteiger partial charge in [0.05, 0.1) is 12.6 Å². The van der Waals surface area contributed by atoms with E-state index >= 15 is 0 Å². The number of allylic oxidation sites excluding steroid dienone is 1. The van der Waals surface area contributed by atoms with Crippen LogP contribution in [0.3, 0.4) is 0 Å². The molecule has 0 spiro atoms. The lowest BCUT2D eigenvalue weighted by atomic mass is 10.1. The van der Waals surface area contributed by atoms with Gasteiger partial charge in [0, 0.05) is 33.7 Å². The third kappa shape index (κ3) is 3.86. The molecule has 3 rings (SSSR count). The molecule has 5 heteroatoms. The van der Waals surface area contributed by atoms with Gasteiger partial charge in [0.1, 0.15) is 0 Å². The molecule has 3 aromatic rings. The van der Waals surface area contributed by atoms with Crippen molar-refractivity contribution in [3.05, 3.63) is 83.0 Å². The number of nitrogens with zero attached hydrogens (tertiary/aromatic N) is 2. The van der Waals surface area contributed by atoms with Crippen LogP contribution in [0.1, 0.15) is 16.8 Å². The Labute approximate surface area is 157 Å². The van der Waals surface area contributed by atoms with Crippen molar-refractivity contribution in [3.63, 3.8) is 0 Å². The summed E-state index contributed by atoms with van der Waals surface area (Å²) in [6, 6.07) is 15.3. The van der Waals surface area contributed by atoms with Gasteiger partial charge in [-0.1, -0.05) is 48.0 Å². The van der Waals surface area contributed by atoms with E-state index in [4.69, 9.17) is 11.6 Å². The molecule has 26 heavy (non-hydrogen) atoms. The number of rotatable bonds is 6. The third-order valence-corrected chi connectivity index (χ3v) is 4.50. The Hall–Kier alpha value is -2.85. The second-order valence-electron chi connectivity index (χ2n) is 6.01. The average Bonchev–Trinajstić information content (AvgIpc) is 2.90. The third-order valence-electron chi connectivity index (χ3n) is 4.25. The van der Waals surface area contributed by atoms with Crippen molar-refractivity contribution in [3.8, 4) is 0 Å². The summed E-state index contributed by atoms with van der Waals surface area (Å²) in [5.74, 6) is -0.170. The van der Waals surface area contributed by atoms with Crippen LogP contribution in [0.2, 0.25) is 5.02 Å². The van der Waals surface area contributed by atoms with Crippen molar-refractivity contribution in [1.82, 2.24) is 9.99 Å². The van der Waals surface area contributed by atoms with Gasteiger partial charge in [-0.3, -0.25) is 4.79 Å². The number of aromatic nitrogens is 1. The molecule has 1 heterocycles. The van der Waals surface area contributed by atoms with Crippen LogP contribution in [0, 0.1) is 6.92 Å². The SMILES string of the molecule is C=CCn1c(C)c(/C=N/NC(=O)Cc2ccc(Cl)cc2)c2ccccc21. The van der Waals surface area contributed by atoms with Crippen LogP contribution in [0.5, 0.6) is 0 Å². The van der Waals surface area contributed by atoms with E-state index in [-0.39, 0.29) is 12.3 Å². The number of hydrazone groups is 1. The largest absolute Gasteiger partial charge is 0.340 e. The summed E-state index contributed by atoms with van der Waals surface area (Å²) in [5, 5.41) is 5.90. The summed E-state index contributed by atoms with van der Waals surface area (Å²) < 4.78 is 2.18. The summed E-state index contributed by atoms with van der Waals surface area (Å²) in [5.41, 5.74) is 6.69. The molecule has 4 nitrogen and oxygen atoms in total. The van der Waals surface area contributed by atoms with Crippen molar-refractivity contribution < 1.29 is 4.79 Å². The van der Waals surface area contributed by atoms with Gasteiger partial charge in [0.2, 0.25) is 5.91 Å². The zero-order chi connectivity index (χ0) is 18.5. The number of nitrogens with one attached hydrogen (secondary N) is 1. The Morgan fingerprint density at radius 2 is 1.96 bits per heavy atom. The molecule has 2 aromatic carbocycles. The minimum absolute atomic E-state index is 0.170. The predicted octanol–water partition coefficient (Wildman–Crippen LogP) is 4.48. The van der Waals surface area contributed by atoms with Crippen LogP contribution in [-0.2, 0) is 17.8 Å². The van der Waals surface area contributed by atoms with Gasteiger partial charge in [-0.15, -0.1) is 6.58 Å². The molecule has 1 amide bonds. The Kier molecular flexibility index (Phi) is 5.54. The number of hydrogen-bond acceptors (Lipinski definition) is 2. The Morgan fingerprint density at radius 3 is 2.69 bits per heavy atom. The van der Waals surface area contributed by atoms with Crippen molar-refractivity contribution in [2.24, 2.45) is 5.10 Å². The van der Waals surface area contributed by atoms with Gasteiger partial charge >= 0.3 is 0 Å². The molecule has 0 aliphatic heterocycles. The molecule has 132 valence electrons. The fourth-order valence-electron chi connectivity index (χ4n) is 2.98. The van der Waals surface area contributed by atoms with Crippen molar-refractivity contribution in [1.29, 1.82) is 0 Å². The number of carbonyl (C=O) groups excluding carboxylic acids is 1. The maximum absolute atomic E-state index is 12.1. The number of benzene rings is 2. The van der Waals surface area contributed by atoms with Crippen LogP contribution in [-0.4, -0.2) is 16.7 Å². The maximum Gasteiger partial charge on any atom is 0.244 e. The van der Waals surface area contributed by atoms with Crippen molar-refractivity contribution >= 4 is 34.6 Å². The summed E-state index contributed by atoms with van der Waals surface area (Å²) in [6.07, 6.45) is 3.83. The smallest absolute Gasteiger partial charge is 0.244 e. The average molecular weight is 366 g/mol. The summed E-state index contributed by atoms with van der Waals surface area (Å²) in [6.45, 7) is 6.59. The van der Waals surface area contributed by atoms with Gasteiger partial charge in [-0.25, -0.2) is 5.43 Å². The number of amides is 1. The Balaban J connectivity index is 1.76. The second-order valence-corrected chi connectivity index (χ2v) is 6.45. The topological polar surface area (TPSA) is 46.4 Å². The van der Waals surface area contributed by atoms with Crippen LogP contribution in [0.25, 0.3) is 10.9 Å². The van der Waals surface area contributed by atoms with Gasteiger partial charge in [-0.05, 0) is 30.7 Å². The lowest BCUT2D eigenvalue weighted by Gasteiger charge is -2.04.